The van der Waals surface area contributed by atoms with Crippen molar-refractivity contribution >= 4 is 0 Å². The van der Waals surface area contributed by atoms with Crippen LogP contribution in [-0.4, -0.2) is 10.2 Å². The van der Waals surface area contributed by atoms with Crippen molar-refractivity contribution < 1.29 is 10.2 Å². The molecule has 0 spiro atoms. The quantitative estimate of drug-likeness (QED) is 0.479. The Kier molecular flexibility index (Phi) is 3.05. The molecule has 1 aromatic rings. The fraction of sp³-hybridized carbons (Fsp3) is 0.167. The normalized spacial score (nSPS) is 8.14. The molecule has 0 saturated carbocycles. The van der Waals surface area contributed by atoms with Crippen LogP contribution in [0.25, 0.3) is 0 Å². The second-order valence-corrected chi connectivity index (χ2v) is 2.64. The van der Waals surface area contributed by atoms with Gasteiger partial charge < -0.3 is 10.2 Å². The number of hydrogen-bond acceptors (Lipinski definition) is 2. The summed E-state index contributed by atoms with van der Waals surface area (Å²) in [5, 5.41) is 19.0. The second-order valence-electron chi connectivity index (χ2n) is 2.64. The Balaban J connectivity index is 3.33. The standard InChI is InChI=1S/C12H10O2/c1-3-5-9-7-12(14)10(6-4-2)8-11(9)13/h7-8,13-14H,1-2H3. The van der Waals surface area contributed by atoms with Crippen LogP contribution in [0.3, 0.4) is 0 Å². The fourth-order valence-corrected chi connectivity index (χ4v) is 1.05. The summed E-state index contributed by atoms with van der Waals surface area (Å²) in [6.07, 6.45) is 0. The monoisotopic (exact) mass is 186 g/mol. The van der Waals surface area contributed by atoms with Crippen molar-refractivity contribution in [2.45, 2.75) is 13.8 Å². The zero-order valence-electron chi connectivity index (χ0n) is 8.05. The predicted molar refractivity (Wildman–Crippen MR) is 54.9 cm³/mol. The molecule has 0 radical (unpaired) electrons. The molecule has 70 valence electrons. The summed E-state index contributed by atoms with van der Waals surface area (Å²) < 4.78 is 0. The minimum atomic E-state index is 0.0369. The summed E-state index contributed by atoms with van der Waals surface area (Å²) in [4.78, 5) is 0. The largest absolute Gasteiger partial charge is 0.507 e. The van der Waals surface area contributed by atoms with Crippen molar-refractivity contribution in [2.24, 2.45) is 0 Å². The minimum Gasteiger partial charge on any atom is -0.507 e. The van der Waals surface area contributed by atoms with Crippen molar-refractivity contribution in [3.05, 3.63) is 23.3 Å². The molecule has 0 aliphatic rings. The molecule has 2 heteroatoms. The van der Waals surface area contributed by atoms with Crippen LogP contribution < -0.4 is 0 Å². The van der Waals surface area contributed by atoms with E-state index in [1.165, 1.54) is 12.1 Å². The van der Waals surface area contributed by atoms with Gasteiger partial charge in [-0.25, -0.2) is 0 Å². The van der Waals surface area contributed by atoms with E-state index >= 15 is 0 Å². The third kappa shape index (κ3) is 2.00. The molecule has 0 aromatic heterocycles. The van der Waals surface area contributed by atoms with Crippen molar-refractivity contribution in [2.75, 3.05) is 0 Å². The highest BCUT2D eigenvalue weighted by Crippen LogP contribution is 2.25. The Hall–Kier alpha value is -2.06. The molecule has 0 aliphatic carbocycles. The molecule has 0 saturated heterocycles. The van der Waals surface area contributed by atoms with Gasteiger partial charge in [-0.05, 0) is 13.8 Å². The zero-order chi connectivity index (χ0) is 10.6. The van der Waals surface area contributed by atoms with E-state index in [9.17, 15) is 10.2 Å². The highest BCUT2D eigenvalue weighted by atomic mass is 16.3. The van der Waals surface area contributed by atoms with Crippen LogP contribution in [0.4, 0.5) is 0 Å². The molecule has 2 nitrogen and oxygen atoms in total. The molecule has 14 heavy (non-hydrogen) atoms. The molecule has 0 amide bonds. The maximum absolute atomic E-state index is 9.49. The second kappa shape index (κ2) is 4.25. The van der Waals surface area contributed by atoms with Gasteiger partial charge >= 0.3 is 0 Å². The molecular weight excluding hydrogens is 176 g/mol. The van der Waals surface area contributed by atoms with Gasteiger partial charge in [-0.1, -0.05) is 11.8 Å². The lowest BCUT2D eigenvalue weighted by Gasteiger charge is -2.01. The zero-order valence-corrected chi connectivity index (χ0v) is 8.05. The molecule has 0 heterocycles. The minimum absolute atomic E-state index is 0.0369. The summed E-state index contributed by atoms with van der Waals surface area (Å²) in [6.45, 7) is 3.33. The first kappa shape index (κ1) is 10.0. The lowest BCUT2D eigenvalue weighted by atomic mass is 10.1. The van der Waals surface area contributed by atoms with Crippen LogP contribution in [0.15, 0.2) is 12.1 Å². The first-order valence-electron chi connectivity index (χ1n) is 4.10. The average Bonchev–Trinajstić information content (AvgIpc) is 2.14. The molecule has 0 bridgehead atoms. The van der Waals surface area contributed by atoms with Crippen LogP contribution >= 0.6 is 0 Å². The molecule has 0 aliphatic heterocycles. The van der Waals surface area contributed by atoms with Gasteiger partial charge in [0, 0.05) is 12.1 Å². The van der Waals surface area contributed by atoms with Gasteiger partial charge in [-0.3, -0.25) is 0 Å². The fourth-order valence-electron chi connectivity index (χ4n) is 1.05. The number of benzene rings is 1. The average molecular weight is 186 g/mol. The predicted octanol–water partition coefficient (Wildman–Crippen LogP) is 1.84. The van der Waals surface area contributed by atoms with E-state index in [1.807, 2.05) is 0 Å². The number of hydrogen-bond donors (Lipinski definition) is 2. The van der Waals surface area contributed by atoms with Crippen molar-refractivity contribution in [1.29, 1.82) is 0 Å². The van der Waals surface area contributed by atoms with Gasteiger partial charge in [-0.2, -0.15) is 0 Å². The Morgan fingerprint density at radius 3 is 1.50 bits per heavy atom. The van der Waals surface area contributed by atoms with E-state index in [0.29, 0.717) is 11.1 Å². The maximum atomic E-state index is 9.49. The van der Waals surface area contributed by atoms with Crippen molar-refractivity contribution in [3.63, 3.8) is 0 Å². The SMILES string of the molecule is CC#Cc1cc(O)c(C#CC)cc1O. The lowest BCUT2D eigenvalue weighted by Crippen LogP contribution is -1.81. The number of aromatic hydroxyl groups is 2. The van der Waals surface area contributed by atoms with E-state index in [1.54, 1.807) is 13.8 Å². The van der Waals surface area contributed by atoms with E-state index in [4.69, 9.17) is 0 Å². The van der Waals surface area contributed by atoms with Gasteiger partial charge in [0.25, 0.3) is 0 Å². The Morgan fingerprint density at radius 2 is 1.21 bits per heavy atom. The summed E-state index contributed by atoms with van der Waals surface area (Å²) >= 11 is 0. The number of phenolic OH excluding ortho intramolecular Hbond substituents is 2. The number of rotatable bonds is 0. The van der Waals surface area contributed by atoms with Gasteiger partial charge in [0.05, 0.1) is 11.1 Å². The molecule has 1 rings (SSSR count). The molecule has 0 unspecified atom stereocenters. The topological polar surface area (TPSA) is 40.5 Å². The van der Waals surface area contributed by atoms with Gasteiger partial charge in [-0.15, -0.1) is 11.8 Å². The Labute approximate surface area is 83.2 Å². The lowest BCUT2D eigenvalue weighted by molar-refractivity contribution is 0.457. The molecular formula is C12H10O2. The first-order valence-corrected chi connectivity index (χ1v) is 4.10. The molecule has 1 aromatic carbocycles. The summed E-state index contributed by atoms with van der Waals surface area (Å²) in [5.41, 5.74) is 0.818. The molecule has 0 fully saturated rings. The van der Waals surface area contributed by atoms with Gasteiger partial charge in [0.1, 0.15) is 11.5 Å². The summed E-state index contributed by atoms with van der Waals surface area (Å²) in [5.74, 6) is 10.7. The third-order valence-corrected chi connectivity index (χ3v) is 1.63. The smallest absolute Gasteiger partial charge is 0.132 e. The van der Waals surface area contributed by atoms with Crippen LogP contribution in [0.5, 0.6) is 11.5 Å². The van der Waals surface area contributed by atoms with Crippen LogP contribution in [0.2, 0.25) is 0 Å². The highest BCUT2D eigenvalue weighted by molar-refractivity contribution is 5.57. The van der Waals surface area contributed by atoms with Crippen LogP contribution in [0.1, 0.15) is 25.0 Å². The molecule has 0 atom stereocenters. The highest BCUT2D eigenvalue weighted by Gasteiger charge is 2.04. The Morgan fingerprint density at radius 1 is 0.857 bits per heavy atom. The number of phenols is 2. The van der Waals surface area contributed by atoms with Crippen LogP contribution in [0, 0.1) is 23.7 Å². The van der Waals surface area contributed by atoms with Gasteiger partial charge in [0.2, 0.25) is 0 Å². The summed E-state index contributed by atoms with van der Waals surface area (Å²) in [7, 11) is 0. The summed E-state index contributed by atoms with van der Waals surface area (Å²) in [6, 6.07) is 2.82. The molecule has 2 N–H and O–H groups in total. The van der Waals surface area contributed by atoms with Crippen LogP contribution in [-0.2, 0) is 0 Å². The van der Waals surface area contributed by atoms with Crippen molar-refractivity contribution in [1.82, 2.24) is 0 Å². The maximum Gasteiger partial charge on any atom is 0.132 e. The Bertz CT molecular complexity index is 419. The van der Waals surface area contributed by atoms with E-state index < -0.39 is 0 Å². The van der Waals surface area contributed by atoms with Gasteiger partial charge in [0.15, 0.2) is 0 Å². The van der Waals surface area contributed by atoms with E-state index in [2.05, 4.69) is 23.7 Å². The third-order valence-electron chi connectivity index (χ3n) is 1.63. The first-order chi connectivity index (χ1) is 6.69. The van der Waals surface area contributed by atoms with E-state index in [-0.39, 0.29) is 11.5 Å². The van der Waals surface area contributed by atoms with Crippen molar-refractivity contribution in [3.8, 4) is 35.2 Å². The van der Waals surface area contributed by atoms with E-state index in [0.717, 1.165) is 0 Å².